The first-order chi connectivity index (χ1) is 14.0. The summed E-state index contributed by atoms with van der Waals surface area (Å²) < 4.78 is 29.1. The second-order valence-corrected chi connectivity index (χ2v) is 9.38. The lowest BCUT2D eigenvalue weighted by Gasteiger charge is -2.26. The Morgan fingerprint density at radius 1 is 1.00 bits per heavy atom. The summed E-state index contributed by atoms with van der Waals surface area (Å²) in [6.45, 7) is 2.82. The molecule has 0 N–H and O–H groups in total. The van der Waals surface area contributed by atoms with Gasteiger partial charge in [0.2, 0.25) is 0 Å². The van der Waals surface area contributed by atoms with Crippen molar-refractivity contribution in [2.75, 3.05) is 13.4 Å². The number of hydrogen-bond donors (Lipinski definition) is 0. The van der Waals surface area contributed by atoms with Gasteiger partial charge in [-0.1, -0.05) is 12.1 Å². The quantitative estimate of drug-likeness (QED) is 0.316. The summed E-state index contributed by atoms with van der Waals surface area (Å²) in [7, 11) is -1.97. The predicted molar refractivity (Wildman–Crippen MR) is 113 cm³/mol. The molecule has 1 aliphatic carbocycles. The number of carbonyl (C=O) groups excluding carboxylic acids is 3. The van der Waals surface area contributed by atoms with E-state index in [0.29, 0.717) is 16.7 Å². The minimum absolute atomic E-state index is 0.141. The van der Waals surface area contributed by atoms with Gasteiger partial charge < -0.3 is 4.74 Å². The second-order valence-electron chi connectivity index (χ2n) is 7.36. The van der Waals surface area contributed by atoms with Crippen molar-refractivity contribution in [3.05, 3.63) is 64.7 Å². The number of ketones is 3. The molecule has 0 heterocycles. The number of rotatable bonds is 5. The molecule has 2 aromatic rings. The van der Waals surface area contributed by atoms with Crippen molar-refractivity contribution in [2.45, 2.75) is 25.2 Å². The van der Waals surface area contributed by atoms with Crippen LogP contribution in [0.5, 0.6) is 0 Å². The molecule has 0 spiro atoms. The number of methoxy groups -OCH3 is 1. The van der Waals surface area contributed by atoms with Crippen molar-refractivity contribution in [3.8, 4) is 0 Å². The van der Waals surface area contributed by atoms with E-state index in [1.807, 2.05) is 0 Å². The van der Waals surface area contributed by atoms with Gasteiger partial charge in [-0.05, 0) is 61.7 Å². The third kappa shape index (κ3) is 3.98. The summed E-state index contributed by atoms with van der Waals surface area (Å²) in [6.07, 6.45) is 1.37. The van der Waals surface area contributed by atoms with Crippen LogP contribution in [-0.2, 0) is 30.6 Å². The van der Waals surface area contributed by atoms with Gasteiger partial charge in [-0.15, -0.1) is 0 Å². The first kappa shape index (κ1) is 21.6. The van der Waals surface area contributed by atoms with Crippen molar-refractivity contribution >= 4 is 38.5 Å². The summed E-state index contributed by atoms with van der Waals surface area (Å²) in [4.78, 5) is 37.4. The number of Topliss-reactive ketones (excluding diaryl/α,β-unsaturated/α-hetero) is 3. The van der Waals surface area contributed by atoms with E-state index in [2.05, 4.69) is 0 Å². The van der Waals surface area contributed by atoms with Crippen molar-refractivity contribution in [1.82, 2.24) is 0 Å². The van der Waals surface area contributed by atoms with E-state index in [0.717, 1.165) is 11.8 Å². The van der Waals surface area contributed by atoms with Gasteiger partial charge in [0, 0.05) is 17.4 Å². The van der Waals surface area contributed by atoms with Crippen LogP contribution in [-0.4, -0.2) is 39.1 Å². The summed E-state index contributed by atoms with van der Waals surface area (Å²) in [5, 5.41) is 0. The topological polar surface area (TPSA) is 94.6 Å². The first-order valence-corrected chi connectivity index (χ1v) is 11.2. The molecule has 0 bridgehead atoms. The van der Waals surface area contributed by atoms with Crippen molar-refractivity contribution in [2.24, 2.45) is 5.92 Å². The number of sulfone groups is 1. The second kappa shape index (κ2) is 7.99. The molecule has 0 radical (unpaired) electrons. The van der Waals surface area contributed by atoms with Gasteiger partial charge in [0.05, 0.1) is 23.5 Å². The van der Waals surface area contributed by atoms with E-state index in [1.54, 1.807) is 30.3 Å². The molecule has 0 amide bonds. The predicted octanol–water partition coefficient (Wildman–Crippen LogP) is 3.14. The Morgan fingerprint density at radius 2 is 1.60 bits per heavy atom. The maximum Gasteiger partial charge on any atom is 0.177 e. The van der Waals surface area contributed by atoms with Gasteiger partial charge in [-0.25, -0.2) is 8.42 Å². The molecule has 0 saturated carbocycles. The molecule has 2 aromatic carbocycles. The lowest BCUT2D eigenvalue weighted by molar-refractivity contribution is -0.128. The number of fused-ring (bicyclic) bond motifs is 1. The van der Waals surface area contributed by atoms with Crippen molar-refractivity contribution < 1.29 is 27.5 Å². The summed E-state index contributed by atoms with van der Waals surface area (Å²) in [5.41, 5.74) is 2.49. The average molecular weight is 426 g/mol. The van der Waals surface area contributed by atoms with Gasteiger partial charge in [0.15, 0.2) is 21.4 Å². The Bertz CT molecular complexity index is 1190. The van der Waals surface area contributed by atoms with Gasteiger partial charge in [0.25, 0.3) is 0 Å². The Hall–Kier alpha value is -3.06. The van der Waals surface area contributed by atoms with Crippen LogP contribution in [0.15, 0.2) is 47.4 Å². The molecule has 1 aliphatic rings. The number of benzene rings is 2. The van der Waals surface area contributed by atoms with Gasteiger partial charge in [-0.3, -0.25) is 14.4 Å². The molecule has 7 heteroatoms. The SMILES string of the molecule is CO/C(=C1\C(=O)C(C(C)=O)Cc2ccc(C(C)=O)cc21)c1ccc(S(C)(=O)=O)cc1. The Kier molecular flexibility index (Phi) is 5.76. The van der Waals surface area contributed by atoms with Crippen molar-refractivity contribution in [1.29, 1.82) is 0 Å². The van der Waals surface area contributed by atoms with Crippen LogP contribution >= 0.6 is 0 Å². The maximum absolute atomic E-state index is 13.3. The van der Waals surface area contributed by atoms with Crippen LogP contribution in [0.3, 0.4) is 0 Å². The Morgan fingerprint density at radius 3 is 2.10 bits per heavy atom. The third-order valence-corrected chi connectivity index (χ3v) is 6.37. The van der Waals surface area contributed by atoms with E-state index < -0.39 is 15.8 Å². The molecular weight excluding hydrogens is 404 g/mol. The minimum Gasteiger partial charge on any atom is -0.495 e. The third-order valence-electron chi connectivity index (χ3n) is 5.24. The van der Waals surface area contributed by atoms with E-state index in [1.165, 1.54) is 33.1 Å². The summed E-state index contributed by atoms with van der Waals surface area (Å²) >= 11 is 0. The van der Waals surface area contributed by atoms with E-state index >= 15 is 0 Å². The molecule has 0 aliphatic heterocycles. The van der Waals surface area contributed by atoms with Gasteiger partial charge >= 0.3 is 0 Å². The minimum atomic E-state index is -3.38. The van der Waals surface area contributed by atoms with Gasteiger partial charge in [-0.2, -0.15) is 0 Å². The normalized spacial score (nSPS) is 17.9. The Balaban J connectivity index is 2.29. The largest absolute Gasteiger partial charge is 0.495 e. The van der Waals surface area contributed by atoms with Crippen LogP contribution in [0.4, 0.5) is 0 Å². The highest BCUT2D eigenvalue weighted by atomic mass is 32.2. The number of carbonyl (C=O) groups is 3. The number of allylic oxidation sites excluding steroid dienone is 1. The molecule has 0 aromatic heterocycles. The molecule has 1 atom stereocenters. The average Bonchev–Trinajstić information content (AvgIpc) is 2.68. The van der Waals surface area contributed by atoms with Crippen LogP contribution in [0.1, 0.15) is 40.9 Å². The molecule has 156 valence electrons. The molecule has 30 heavy (non-hydrogen) atoms. The maximum atomic E-state index is 13.3. The highest BCUT2D eigenvalue weighted by molar-refractivity contribution is 7.90. The summed E-state index contributed by atoms with van der Waals surface area (Å²) in [6, 6.07) is 11.1. The molecule has 6 nitrogen and oxygen atoms in total. The highest BCUT2D eigenvalue weighted by Gasteiger charge is 2.36. The Labute approximate surface area is 175 Å². The van der Waals surface area contributed by atoms with E-state index in [9.17, 15) is 22.8 Å². The fourth-order valence-electron chi connectivity index (χ4n) is 3.61. The first-order valence-electron chi connectivity index (χ1n) is 9.32. The van der Waals surface area contributed by atoms with Crippen LogP contribution in [0.25, 0.3) is 11.3 Å². The van der Waals surface area contributed by atoms with Gasteiger partial charge in [0.1, 0.15) is 11.5 Å². The molecule has 1 unspecified atom stereocenters. The number of hydrogen-bond acceptors (Lipinski definition) is 6. The zero-order valence-corrected chi connectivity index (χ0v) is 18.0. The van der Waals surface area contributed by atoms with Crippen molar-refractivity contribution in [3.63, 3.8) is 0 Å². The zero-order valence-electron chi connectivity index (χ0n) is 17.2. The van der Waals surface area contributed by atoms with Crippen LogP contribution < -0.4 is 0 Å². The smallest absolute Gasteiger partial charge is 0.177 e. The van der Waals surface area contributed by atoms with Crippen LogP contribution in [0.2, 0.25) is 0 Å². The monoisotopic (exact) mass is 426 g/mol. The van der Waals surface area contributed by atoms with E-state index in [4.69, 9.17) is 4.74 Å². The molecule has 3 rings (SSSR count). The zero-order chi connectivity index (χ0) is 22.2. The fraction of sp³-hybridized carbons (Fsp3) is 0.261. The van der Waals surface area contributed by atoms with E-state index in [-0.39, 0.29) is 40.0 Å². The number of ether oxygens (including phenoxy) is 1. The standard InChI is InChI=1S/C23H22O6S/c1-13(24)16-5-6-17-12-19(14(2)25)22(26)21(20(17)11-16)23(29-3)15-7-9-18(10-8-15)30(4,27)28/h5-11,19H,12H2,1-4H3/b23-21-. The lowest BCUT2D eigenvalue weighted by atomic mass is 9.76. The molecule has 0 saturated heterocycles. The molecule has 0 fully saturated rings. The lowest BCUT2D eigenvalue weighted by Crippen LogP contribution is -2.30. The molecular formula is C23H22O6S. The fourth-order valence-corrected chi connectivity index (χ4v) is 4.24. The van der Waals surface area contributed by atoms with Crippen LogP contribution in [0, 0.1) is 5.92 Å². The highest BCUT2D eigenvalue weighted by Crippen LogP contribution is 2.38. The summed E-state index contributed by atoms with van der Waals surface area (Å²) in [5.74, 6) is -1.37.